The molecule has 0 spiro atoms. The molecule has 0 saturated carbocycles. The molecule has 1 aromatic rings. The predicted octanol–water partition coefficient (Wildman–Crippen LogP) is 2.27. The average Bonchev–Trinajstić information content (AvgIpc) is 3.21. The number of amides is 2. The van der Waals surface area contributed by atoms with Crippen molar-refractivity contribution in [3.8, 4) is 11.5 Å². The van der Waals surface area contributed by atoms with Gasteiger partial charge in [-0.1, -0.05) is 0 Å². The van der Waals surface area contributed by atoms with E-state index < -0.39 is 0 Å². The number of hydrogen-bond donors (Lipinski definition) is 1. The normalized spacial score (nSPS) is 21.7. The van der Waals surface area contributed by atoms with Gasteiger partial charge < -0.3 is 24.4 Å². The van der Waals surface area contributed by atoms with Crippen LogP contribution in [0.1, 0.15) is 31.4 Å². The van der Waals surface area contributed by atoms with Gasteiger partial charge in [0.2, 0.25) is 0 Å². The number of hydrogen-bond acceptors (Lipinski definition) is 5. The number of likely N-dealkylation sites (tertiary alicyclic amines) is 1. The molecule has 3 rings (SSSR count). The van der Waals surface area contributed by atoms with Gasteiger partial charge >= 0.3 is 6.03 Å². The van der Waals surface area contributed by atoms with E-state index in [0.717, 1.165) is 62.8 Å². The Hall–Kier alpha value is -1.99. The van der Waals surface area contributed by atoms with Crippen LogP contribution in [0.5, 0.6) is 11.5 Å². The van der Waals surface area contributed by atoms with Crippen LogP contribution in [0.4, 0.5) is 4.79 Å². The molecular weight excluding hydrogens is 346 g/mol. The number of nitrogens with zero attached hydrogens (tertiary/aromatic N) is 2. The monoisotopic (exact) mass is 377 g/mol. The van der Waals surface area contributed by atoms with Crippen LogP contribution < -0.4 is 14.8 Å². The number of ether oxygens (including phenoxy) is 3. The summed E-state index contributed by atoms with van der Waals surface area (Å²) in [6.07, 6.45) is 1.91. The van der Waals surface area contributed by atoms with E-state index in [2.05, 4.69) is 17.1 Å². The van der Waals surface area contributed by atoms with Crippen LogP contribution in [-0.4, -0.2) is 75.5 Å². The number of nitrogens with one attached hydrogen (secondary N) is 1. The lowest BCUT2D eigenvalue weighted by Crippen LogP contribution is -2.49. The fourth-order valence-electron chi connectivity index (χ4n) is 3.92. The fourth-order valence-corrected chi connectivity index (χ4v) is 3.92. The van der Waals surface area contributed by atoms with E-state index in [1.165, 1.54) is 0 Å². The first-order valence-corrected chi connectivity index (χ1v) is 9.72. The number of methoxy groups -OCH3 is 2. The molecule has 2 amide bonds. The molecule has 150 valence electrons. The van der Waals surface area contributed by atoms with Gasteiger partial charge in [-0.05, 0) is 38.0 Å². The van der Waals surface area contributed by atoms with Gasteiger partial charge in [-0.3, -0.25) is 4.90 Å². The number of carbonyl (C=O) groups excluding carboxylic acids is 1. The second kappa shape index (κ2) is 9.28. The summed E-state index contributed by atoms with van der Waals surface area (Å²) >= 11 is 0. The molecule has 0 aliphatic carbocycles. The van der Waals surface area contributed by atoms with Crippen molar-refractivity contribution in [2.24, 2.45) is 0 Å². The van der Waals surface area contributed by atoms with E-state index in [1.54, 1.807) is 14.2 Å². The predicted molar refractivity (Wildman–Crippen MR) is 103 cm³/mol. The molecule has 2 aliphatic rings. The number of urea groups is 1. The van der Waals surface area contributed by atoms with Crippen molar-refractivity contribution in [2.45, 2.75) is 31.8 Å². The highest BCUT2D eigenvalue weighted by Crippen LogP contribution is 2.38. The summed E-state index contributed by atoms with van der Waals surface area (Å²) in [5.41, 5.74) is 1.01. The number of benzene rings is 1. The van der Waals surface area contributed by atoms with Crippen molar-refractivity contribution in [3.05, 3.63) is 23.8 Å². The maximum Gasteiger partial charge on any atom is 0.317 e. The van der Waals surface area contributed by atoms with Crippen molar-refractivity contribution in [3.63, 3.8) is 0 Å². The zero-order valence-corrected chi connectivity index (χ0v) is 16.6. The maximum absolute atomic E-state index is 12.9. The Labute approximate surface area is 161 Å². The van der Waals surface area contributed by atoms with Gasteiger partial charge in [0.1, 0.15) is 11.5 Å². The Balaban J connectivity index is 1.64. The van der Waals surface area contributed by atoms with Gasteiger partial charge in [0, 0.05) is 37.8 Å². The van der Waals surface area contributed by atoms with E-state index in [1.807, 2.05) is 23.1 Å². The van der Waals surface area contributed by atoms with E-state index in [0.29, 0.717) is 12.6 Å². The highest BCUT2D eigenvalue weighted by Gasteiger charge is 2.32. The summed E-state index contributed by atoms with van der Waals surface area (Å²) in [4.78, 5) is 17.1. The van der Waals surface area contributed by atoms with E-state index in [-0.39, 0.29) is 12.1 Å². The third-order valence-corrected chi connectivity index (χ3v) is 5.53. The van der Waals surface area contributed by atoms with E-state index in [9.17, 15) is 4.79 Å². The molecule has 2 atom stereocenters. The third-order valence-electron chi connectivity index (χ3n) is 5.53. The highest BCUT2D eigenvalue weighted by atomic mass is 16.5. The quantitative estimate of drug-likeness (QED) is 0.824. The number of carbonyl (C=O) groups is 1. The van der Waals surface area contributed by atoms with Crippen molar-refractivity contribution >= 4 is 6.03 Å². The molecule has 0 radical (unpaired) electrons. The van der Waals surface area contributed by atoms with Gasteiger partial charge in [0.15, 0.2) is 0 Å². The SMILES string of the molecule is COc1ccc(OC)c(C2CCCN2C(=O)NCC(C)N2CCOCC2)c1. The van der Waals surface area contributed by atoms with Crippen molar-refractivity contribution in [1.82, 2.24) is 15.1 Å². The Kier molecular flexibility index (Phi) is 6.79. The second-order valence-corrected chi connectivity index (χ2v) is 7.14. The molecule has 0 bridgehead atoms. The Bertz CT molecular complexity index is 634. The Morgan fingerprint density at radius 3 is 2.74 bits per heavy atom. The number of morpholine rings is 1. The summed E-state index contributed by atoms with van der Waals surface area (Å²) in [6, 6.07) is 6.06. The first kappa shape index (κ1) is 19.8. The fraction of sp³-hybridized carbons (Fsp3) is 0.650. The molecule has 1 aromatic carbocycles. The first-order valence-electron chi connectivity index (χ1n) is 9.72. The third kappa shape index (κ3) is 4.65. The molecule has 2 fully saturated rings. The van der Waals surface area contributed by atoms with Crippen LogP contribution in [0.3, 0.4) is 0 Å². The van der Waals surface area contributed by atoms with Crippen LogP contribution in [0, 0.1) is 0 Å². The molecule has 2 heterocycles. The number of rotatable bonds is 6. The topological polar surface area (TPSA) is 63.3 Å². The van der Waals surface area contributed by atoms with Crippen LogP contribution in [0.2, 0.25) is 0 Å². The highest BCUT2D eigenvalue weighted by molar-refractivity contribution is 5.75. The summed E-state index contributed by atoms with van der Waals surface area (Å²) in [5, 5.41) is 3.12. The van der Waals surface area contributed by atoms with Crippen LogP contribution in [0.25, 0.3) is 0 Å². The molecule has 2 saturated heterocycles. The lowest BCUT2D eigenvalue weighted by atomic mass is 10.0. The van der Waals surface area contributed by atoms with Crippen LogP contribution >= 0.6 is 0 Å². The molecule has 1 N–H and O–H groups in total. The zero-order valence-electron chi connectivity index (χ0n) is 16.6. The van der Waals surface area contributed by atoms with Gasteiger partial charge in [-0.2, -0.15) is 0 Å². The van der Waals surface area contributed by atoms with E-state index >= 15 is 0 Å². The minimum Gasteiger partial charge on any atom is -0.497 e. The summed E-state index contributed by atoms with van der Waals surface area (Å²) < 4.78 is 16.3. The Morgan fingerprint density at radius 1 is 1.26 bits per heavy atom. The van der Waals surface area contributed by atoms with Crippen LogP contribution in [-0.2, 0) is 4.74 Å². The smallest absolute Gasteiger partial charge is 0.317 e. The average molecular weight is 377 g/mol. The van der Waals surface area contributed by atoms with Gasteiger partial charge in [-0.15, -0.1) is 0 Å². The summed E-state index contributed by atoms with van der Waals surface area (Å²) in [7, 11) is 3.31. The molecule has 27 heavy (non-hydrogen) atoms. The van der Waals surface area contributed by atoms with Crippen molar-refractivity contribution < 1.29 is 19.0 Å². The molecule has 2 unspecified atom stereocenters. The van der Waals surface area contributed by atoms with Crippen molar-refractivity contribution in [1.29, 1.82) is 0 Å². The lowest BCUT2D eigenvalue weighted by Gasteiger charge is -2.33. The van der Waals surface area contributed by atoms with Gasteiger partial charge in [-0.25, -0.2) is 4.79 Å². The van der Waals surface area contributed by atoms with Gasteiger partial charge in [0.25, 0.3) is 0 Å². The zero-order chi connectivity index (χ0) is 19.2. The van der Waals surface area contributed by atoms with Gasteiger partial charge in [0.05, 0.1) is 33.5 Å². The molecular formula is C20H31N3O4. The minimum absolute atomic E-state index is 0.00810. The maximum atomic E-state index is 12.9. The van der Waals surface area contributed by atoms with E-state index in [4.69, 9.17) is 14.2 Å². The molecule has 7 nitrogen and oxygen atoms in total. The molecule has 0 aromatic heterocycles. The largest absolute Gasteiger partial charge is 0.497 e. The lowest BCUT2D eigenvalue weighted by molar-refractivity contribution is 0.0206. The van der Waals surface area contributed by atoms with Crippen LogP contribution in [0.15, 0.2) is 18.2 Å². The molecule has 2 aliphatic heterocycles. The first-order chi connectivity index (χ1) is 13.1. The second-order valence-electron chi connectivity index (χ2n) is 7.14. The molecule has 7 heteroatoms. The summed E-state index contributed by atoms with van der Waals surface area (Å²) in [5.74, 6) is 1.57. The summed E-state index contributed by atoms with van der Waals surface area (Å²) in [6.45, 7) is 6.91. The standard InChI is InChI=1S/C20H31N3O4/c1-15(22-9-11-27-12-10-22)14-21-20(24)23-8-4-5-18(23)17-13-16(25-2)6-7-19(17)26-3/h6-7,13,15,18H,4-5,8-12,14H2,1-3H3,(H,21,24). The minimum atomic E-state index is -0.0116. The Morgan fingerprint density at radius 2 is 2.04 bits per heavy atom. The van der Waals surface area contributed by atoms with Crippen molar-refractivity contribution in [2.75, 3.05) is 53.6 Å².